The maximum Gasteiger partial charge on any atom is 0.414 e. The van der Waals surface area contributed by atoms with E-state index >= 15 is 0 Å². The third-order valence-corrected chi connectivity index (χ3v) is 2.70. The summed E-state index contributed by atoms with van der Waals surface area (Å²) in [6, 6.07) is 6.89. The number of halogens is 3. The van der Waals surface area contributed by atoms with Crippen LogP contribution in [0.25, 0.3) is 0 Å². The number of rotatable bonds is 6. The van der Waals surface area contributed by atoms with Gasteiger partial charge in [-0.1, -0.05) is 18.2 Å². The Morgan fingerprint density at radius 1 is 1.26 bits per heavy atom. The number of hydrogen-bond acceptors (Lipinski definition) is 3. The van der Waals surface area contributed by atoms with E-state index < -0.39 is 18.4 Å². The van der Waals surface area contributed by atoms with Gasteiger partial charge in [-0.3, -0.25) is 0 Å². The van der Waals surface area contributed by atoms with E-state index in [4.69, 9.17) is 9.47 Å². The Kier molecular flexibility index (Phi) is 5.62. The number of alkyl halides is 3. The molecule has 0 fully saturated rings. The first-order valence-electron chi connectivity index (χ1n) is 5.89. The lowest BCUT2D eigenvalue weighted by Gasteiger charge is -2.25. The fourth-order valence-electron chi connectivity index (χ4n) is 1.67. The minimum Gasteiger partial charge on any atom is -0.496 e. The summed E-state index contributed by atoms with van der Waals surface area (Å²) in [4.78, 5) is 0. The molecule has 0 bridgehead atoms. The molecule has 0 aliphatic carbocycles. The predicted molar refractivity (Wildman–Crippen MR) is 66.3 cm³/mol. The largest absolute Gasteiger partial charge is 0.496 e. The molecule has 0 heterocycles. The smallest absolute Gasteiger partial charge is 0.414 e. The molecule has 19 heavy (non-hydrogen) atoms. The number of para-hydroxylation sites is 1. The van der Waals surface area contributed by atoms with E-state index in [0.717, 1.165) is 6.92 Å². The van der Waals surface area contributed by atoms with Gasteiger partial charge in [0.2, 0.25) is 0 Å². The van der Waals surface area contributed by atoms with Crippen molar-refractivity contribution in [3.05, 3.63) is 29.8 Å². The second-order valence-electron chi connectivity index (χ2n) is 4.11. The molecular formula is C13H18F3NO2. The van der Waals surface area contributed by atoms with Crippen molar-refractivity contribution in [3.63, 3.8) is 0 Å². The molecule has 6 heteroatoms. The Morgan fingerprint density at radius 2 is 1.89 bits per heavy atom. The SMILES string of the molecule is CNCC(OC(C)C(F)(F)F)c1ccccc1OC. The Bertz CT molecular complexity index is 396. The second-order valence-corrected chi connectivity index (χ2v) is 4.11. The number of likely N-dealkylation sites (N-methyl/N-ethyl adjacent to an activating group) is 1. The summed E-state index contributed by atoms with van der Waals surface area (Å²) >= 11 is 0. The van der Waals surface area contributed by atoms with Gasteiger partial charge in [-0.05, 0) is 20.0 Å². The van der Waals surface area contributed by atoms with Gasteiger partial charge >= 0.3 is 6.18 Å². The maximum absolute atomic E-state index is 12.6. The first-order chi connectivity index (χ1) is 8.90. The van der Waals surface area contributed by atoms with Gasteiger partial charge in [0.25, 0.3) is 0 Å². The summed E-state index contributed by atoms with van der Waals surface area (Å²) in [6.45, 7) is 1.26. The van der Waals surface area contributed by atoms with E-state index in [2.05, 4.69) is 5.32 Å². The van der Waals surface area contributed by atoms with E-state index in [1.54, 1.807) is 31.3 Å². The van der Waals surface area contributed by atoms with Crippen molar-refractivity contribution >= 4 is 0 Å². The zero-order valence-electron chi connectivity index (χ0n) is 11.1. The van der Waals surface area contributed by atoms with Crippen LogP contribution in [-0.2, 0) is 4.74 Å². The van der Waals surface area contributed by atoms with Crippen LogP contribution in [0.1, 0.15) is 18.6 Å². The molecule has 1 rings (SSSR count). The summed E-state index contributed by atoms with van der Waals surface area (Å²) in [6.07, 6.45) is -6.94. The molecule has 3 nitrogen and oxygen atoms in total. The average molecular weight is 277 g/mol. The van der Waals surface area contributed by atoms with Gasteiger partial charge in [0.15, 0.2) is 6.10 Å². The van der Waals surface area contributed by atoms with Crippen LogP contribution in [0.2, 0.25) is 0 Å². The van der Waals surface area contributed by atoms with Gasteiger partial charge in [-0.15, -0.1) is 0 Å². The average Bonchev–Trinajstić information content (AvgIpc) is 2.37. The van der Waals surface area contributed by atoms with Crippen molar-refractivity contribution < 1.29 is 22.6 Å². The van der Waals surface area contributed by atoms with Crippen molar-refractivity contribution in [2.45, 2.75) is 25.3 Å². The molecule has 0 radical (unpaired) electrons. The molecular weight excluding hydrogens is 259 g/mol. The first kappa shape index (κ1) is 15.8. The molecule has 0 spiro atoms. The number of hydrogen-bond donors (Lipinski definition) is 1. The van der Waals surface area contributed by atoms with E-state index in [9.17, 15) is 13.2 Å². The third-order valence-electron chi connectivity index (χ3n) is 2.70. The number of nitrogens with one attached hydrogen (secondary N) is 1. The van der Waals surface area contributed by atoms with Crippen LogP contribution in [0.4, 0.5) is 13.2 Å². The van der Waals surface area contributed by atoms with Gasteiger partial charge in [0.05, 0.1) is 13.2 Å². The fraction of sp³-hybridized carbons (Fsp3) is 0.538. The standard InChI is InChI=1S/C13H18F3NO2/c1-9(13(14,15)16)19-12(8-17-2)10-6-4-5-7-11(10)18-3/h4-7,9,12,17H,8H2,1-3H3. The Hall–Kier alpha value is -1.27. The highest BCUT2D eigenvalue weighted by molar-refractivity contribution is 5.35. The highest BCUT2D eigenvalue weighted by Crippen LogP contribution is 2.32. The quantitative estimate of drug-likeness (QED) is 0.867. The molecule has 1 aromatic rings. The van der Waals surface area contributed by atoms with Crippen LogP contribution in [-0.4, -0.2) is 33.0 Å². The Balaban J connectivity index is 2.94. The predicted octanol–water partition coefficient (Wildman–Crippen LogP) is 2.92. The molecule has 2 unspecified atom stereocenters. The normalized spacial score (nSPS) is 15.1. The van der Waals surface area contributed by atoms with Crippen molar-refractivity contribution in [1.82, 2.24) is 5.32 Å². The molecule has 1 N–H and O–H groups in total. The molecule has 0 saturated heterocycles. The summed E-state index contributed by atoms with van der Waals surface area (Å²) in [5.74, 6) is 0.511. The molecule has 0 aliphatic heterocycles. The van der Waals surface area contributed by atoms with Crippen molar-refractivity contribution in [1.29, 1.82) is 0 Å². The minimum absolute atomic E-state index is 0.265. The van der Waals surface area contributed by atoms with Gasteiger partial charge in [0.1, 0.15) is 5.75 Å². The van der Waals surface area contributed by atoms with Gasteiger partial charge < -0.3 is 14.8 Å². The third kappa shape index (κ3) is 4.40. The van der Waals surface area contributed by atoms with E-state index in [1.807, 2.05) is 0 Å². The molecule has 0 amide bonds. The van der Waals surface area contributed by atoms with Crippen LogP contribution in [0.5, 0.6) is 5.75 Å². The number of methoxy groups -OCH3 is 1. The monoisotopic (exact) mass is 277 g/mol. The molecule has 108 valence electrons. The molecule has 1 aromatic carbocycles. The lowest BCUT2D eigenvalue weighted by atomic mass is 10.1. The summed E-state index contributed by atoms with van der Waals surface area (Å²) in [5, 5.41) is 2.83. The van der Waals surface area contributed by atoms with Crippen LogP contribution < -0.4 is 10.1 Å². The highest BCUT2D eigenvalue weighted by atomic mass is 19.4. The van der Waals surface area contributed by atoms with Gasteiger partial charge in [-0.25, -0.2) is 0 Å². The summed E-state index contributed by atoms with van der Waals surface area (Å²) in [7, 11) is 3.13. The number of ether oxygens (including phenoxy) is 2. The van der Waals surface area contributed by atoms with Gasteiger partial charge in [-0.2, -0.15) is 13.2 Å². The Labute approximate surface area is 110 Å². The van der Waals surface area contributed by atoms with E-state index in [-0.39, 0.29) is 6.54 Å². The topological polar surface area (TPSA) is 30.5 Å². The lowest BCUT2D eigenvalue weighted by molar-refractivity contribution is -0.227. The summed E-state index contributed by atoms with van der Waals surface area (Å²) < 4.78 is 48.0. The van der Waals surface area contributed by atoms with Crippen LogP contribution in [0.3, 0.4) is 0 Å². The highest BCUT2D eigenvalue weighted by Gasteiger charge is 2.39. The molecule has 2 atom stereocenters. The molecule has 0 aliphatic rings. The fourth-order valence-corrected chi connectivity index (χ4v) is 1.67. The summed E-state index contributed by atoms with van der Waals surface area (Å²) in [5.41, 5.74) is 0.593. The van der Waals surface area contributed by atoms with Crippen LogP contribution >= 0.6 is 0 Å². The van der Waals surface area contributed by atoms with E-state index in [1.165, 1.54) is 7.11 Å². The molecule has 0 saturated carbocycles. The lowest BCUT2D eigenvalue weighted by Crippen LogP contribution is -2.33. The zero-order valence-corrected chi connectivity index (χ0v) is 11.1. The zero-order chi connectivity index (χ0) is 14.5. The number of benzene rings is 1. The molecule has 0 aromatic heterocycles. The maximum atomic E-state index is 12.6. The second kappa shape index (κ2) is 6.77. The van der Waals surface area contributed by atoms with Crippen molar-refractivity contribution in [3.8, 4) is 5.75 Å². The van der Waals surface area contributed by atoms with Gasteiger partial charge in [0, 0.05) is 12.1 Å². The van der Waals surface area contributed by atoms with Crippen molar-refractivity contribution in [2.75, 3.05) is 20.7 Å². The first-order valence-corrected chi connectivity index (χ1v) is 5.89. The Morgan fingerprint density at radius 3 is 2.42 bits per heavy atom. The van der Waals surface area contributed by atoms with E-state index in [0.29, 0.717) is 11.3 Å². The van der Waals surface area contributed by atoms with Crippen LogP contribution in [0, 0.1) is 0 Å². The minimum atomic E-state index is -4.38. The van der Waals surface area contributed by atoms with Crippen molar-refractivity contribution in [2.24, 2.45) is 0 Å². The van der Waals surface area contributed by atoms with Crippen LogP contribution in [0.15, 0.2) is 24.3 Å².